The highest BCUT2D eigenvalue weighted by atomic mass is 15.1. The first kappa shape index (κ1) is 42.7. The number of rotatable bonds is 10. The number of aryl methyl sites for hydroxylation is 8. The Kier molecular flexibility index (Phi) is 11.9. The Balaban J connectivity index is 1.09. The maximum absolute atomic E-state index is 2.45. The van der Waals surface area contributed by atoms with Crippen LogP contribution in [0.5, 0.6) is 0 Å². The van der Waals surface area contributed by atoms with Gasteiger partial charge in [-0.3, -0.25) is 0 Å². The first-order valence-corrected chi connectivity index (χ1v) is 23.3. The van der Waals surface area contributed by atoms with Gasteiger partial charge in [0, 0.05) is 39.5 Å². The predicted octanol–water partition coefficient (Wildman–Crippen LogP) is 17.7. The van der Waals surface area contributed by atoms with Crippen molar-refractivity contribution in [2.75, 3.05) is 9.80 Å². The van der Waals surface area contributed by atoms with E-state index in [1.54, 1.807) is 0 Å². The van der Waals surface area contributed by atoms with Gasteiger partial charge in [0.05, 0.1) is 0 Å². The minimum Gasteiger partial charge on any atom is -0.310 e. The number of benzene rings is 8. The van der Waals surface area contributed by atoms with Gasteiger partial charge in [-0.05, 0) is 196 Å². The van der Waals surface area contributed by atoms with Crippen LogP contribution >= 0.6 is 0 Å². The van der Waals surface area contributed by atoms with E-state index >= 15 is 0 Å². The van der Waals surface area contributed by atoms with Gasteiger partial charge in [-0.25, -0.2) is 0 Å². The molecule has 2 nitrogen and oxygen atoms in total. The standard InChI is InChI=1S/C62H62N2/c1-42-20-34-60(48(7)38-42)63(54-30-32-58(46(5)40-54)56-18-12-10-16-44(56)3)52-26-22-50(23-27-52)62(36-14-9-15-37-62)51-24-28-53(29-25-51)64(61-35-21-43(2)39-49(61)8)55-31-33-59(47(6)41-55)57-19-13-11-17-45(57)4/h10-13,16-35,38-41H,9,14-15,36-37H2,1-8H3. The summed E-state index contributed by atoms with van der Waals surface area (Å²) < 4.78 is 0. The van der Waals surface area contributed by atoms with Crippen molar-refractivity contribution < 1.29 is 0 Å². The fourth-order valence-electron chi connectivity index (χ4n) is 10.7. The van der Waals surface area contributed by atoms with Crippen LogP contribution in [0.15, 0.2) is 170 Å². The van der Waals surface area contributed by atoms with E-state index in [0.29, 0.717) is 0 Å². The van der Waals surface area contributed by atoms with E-state index in [-0.39, 0.29) is 5.41 Å². The summed E-state index contributed by atoms with van der Waals surface area (Å²) in [5.74, 6) is 0. The molecule has 64 heavy (non-hydrogen) atoms. The second-order valence-corrected chi connectivity index (χ2v) is 18.6. The van der Waals surface area contributed by atoms with Crippen molar-refractivity contribution in [2.24, 2.45) is 0 Å². The topological polar surface area (TPSA) is 6.48 Å². The van der Waals surface area contributed by atoms with Crippen LogP contribution in [0, 0.1) is 55.4 Å². The molecule has 8 aromatic rings. The molecule has 9 rings (SSSR count). The van der Waals surface area contributed by atoms with Crippen LogP contribution in [-0.2, 0) is 5.41 Å². The highest BCUT2D eigenvalue weighted by Crippen LogP contribution is 2.48. The molecule has 0 bridgehead atoms. The van der Waals surface area contributed by atoms with Crippen molar-refractivity contribution >= 4 is 34.1 Å². The Labute approximate surface area is 382 Å². The lowest BCUT2D eigenvalue weighted by molar-refractivity contribution is 0.346. The Bertz CT molecular complexity index is 2750. The van der Waals surface area contributed by atoms with E-state index in [4.69, 9.17) is 0 Å². The van der Waals surface area contributed by atoms with E-state index < -0.39 is 0 Å². The maximum atomic E-state index is 2.45. The summed E-state index contributed by atoms with van der Waals surface area (Å²) in [6.07, 6.45) is 6.03. The fraction of sp³-hybridized carbons (Fsp3) is 0.226. The monoisotopic (exact) mass is 834 g/mol. The van der Waals surface area contributed by atoms with Crippen molar-refractivity contribution in [3.63, 3.8) is 0 Å². The molecule has 0 saturated heterocycles. The minimum absolute atomic E-state index is 0.0535. The highest BCUT2D eigenvalue weighted by molar-refractivity contribution is 5.83. The molecule has 1 aliphatic carbocycles. The van der Waals surface area contributed by atoms with Crippen LogP contribution in [0.4, 0.5) is 34.1 Å². The zero-order valence-electron chi connectivity index (χ0n) is 39.1. The van der Waals surface area contributed by atoms with Crippen LogP contribution in [0.1, 0.15) is 87.7 Å². The summed E-state index contributed by atoms with van der Waals surface area (Å²) in [6.45, 7) is 17.7. The lowest BCUT2D eigenvalue weighted by Gasteiger charge is -2.39. The molecular formula is C62H62N2. The summed E-state index contributed by atoms with van der Waals surface area (Å²) >= 11 is 0. The lowest BCUT2D eigenvalue weighted by atomic mass is 9.65. The molecule has 0 atom stereocenters. The zero-order chi connectivity index (χ0) is 44.5. The SMILES string of the molecule is Cc1ccc(N(c2ccc(C3(c4ccc(N(c5ccc(-c6ccccc6C)c(C)c5)c5ccc(C)cc5C)cc4)CCCCC3)cc2)c2ccc(-c3ccccc3C)c(C)c2)c(C)c1. The highest BCUT2D eigenvalue weighted by Gasteiger charge is 2.36. The number of hydrogen-bond donors (Lipinski definition) is 0. The quantitative estimate of drug-likeness (QED) is 0.135. The molecule has 1 saturated carbocycles. The molecule has 0 aliphatic heterocycles. The summed E-state index contributed by atoms with van der Waals surface area (Å²) in [7, 11) is 0. The Morgan fingerprint density at radius 1 is 0.312 bits per heavy atom. The van der Waals surface area contributed by atoms with Crippen LogP contribution in [-0.4, -0.2) is 0 Å². The second kappa shape index (κ2) is 17.9. The van der Waals surface area contributed by atoms with Crippen molar-refractivity contribution in [1.29, 1.82) is 0 Å². The second-order valence-electron chi connectivity index (χ2n) is 18.6. The van der Waals surface area contributed by atoms with Crippen LogP contribution in [0.3, 0.4) is 0 Å². The van der Waals surface area contributed by atoms with Crippen molar-refractivity contribution in [1.82, 2.24) is 0 Å². The minimum atomic E-state index is -0.0535. The first-order chi connectivity index (χ1) is 31.0. The maximum Gasteiger partial charge on any atom is 0.0490 e. The summed E-state index contributed by atoms with van der Waals surface area (Å²) in [5, 5.41) is 0. The zero-order valence-corrected chi connectivity index (χ0v) is 39.1. The predicted molar refractivity (Wildman–Crippen MR) is 275 cm³/mol. The first-order valence-electron chi connectivity index (χ1n) is 23.3. The van der Waals surface area contributed by atoms with Crippen molar-refractivity contribution in [2.45, 2.75) is 92.9 Å². The third-order valence-electron chi connectivity index (χ3n) is 14.1. The molecule has 1 fully saturated rings. The molecule has 0 spiro atoms. The van der Waals surface area contributed by atoms with Gasteiger partial charge < -0.3 is 9.80 Å². The van der Waals surface area contributed by atoms with Gasteiger partial charge in [0.2, 0.25) is 0 Å². The average molecular weight is 835 g/mol. The molecule has 1 aliphatic rings. The van der Waals surface area contributed by atoms with Gasteiger partial charge in [-0.2, -0.15) is 0 Å². The smallest absolute Gasteiger partial charge is 0.0490 e. The molecule has 0 aromatic heterocycles. The van der Waals surface area contributed by atoms with Gasteiger partial charge in [-0.1, -0.05) is 140 Å². The summed E-state index contributed by atoms with van der Waals surface area (Å²) in [6, 6.07) is 64.2. The summed E-state index contributed by atoms with van der Waals surface area (Å²) in [4.78, 5) is 4.90. The van der Waals surface area contributed by atoms with E-state index in [2.05, 4.69) is 235 Å². The third kappa shape index (κ3) is 8.19. The van der Waals surface area contributed by atoms with Crippen molar-refractivity contribution in [3.05, 3.63) is 225 Å². The molecule has 0 N–H and O–H groups in total. The van der Waals surface area contributed by atoms with Gasteiger partial charge in [0.15, 0.2) is 0 Å². The molecule has 0 amide bonds. The third-order valence-corrected chi connectivity index (χ3v) is 14.1. The fourth-order valence-corrected chi connectivity index (χ4v) is 10.7. The normalized spacial score (nSPS) is 13.4. The Morgan fingerprint density at radius 3 is 1.06 bits per heavy atom. The molecule has 8 aromatic carbocycles. The van der Waals surface area contributed by atoms with Crippen molar-refractivity contribution in [3.8, 4) is 22.3 Å². The van der Waals surface area contributed by atoms with E-state index in [1.165, 1.54) is 131 Å². The van der Waals surface area contributed by atoms with Gasteiger partial charge >= 0.3 is 0 Å². The lowest BCUT2D eigenvalue weighted by Crippen LogP contribution is -2.30. The van der Waals surface area contributed by atoms with E-state index in [1.807, 2.05) is 0 Å². The van der Waals surface area contributed by atoms with Gasteiger partial charge in [0.1, 0.15) is 0 Å². The summed E-state index contributed by atoms with van der Waals surface area (Å²) in [5.41, 5.74) is 25.2. The van der Waals surface area contributed by atoms with Crippen LogP contribution < -0.4 is 9.80 Å². The molecule has 0 heterocycles. The molecule has 320 valence electrons. The van der Waals surface area contributed by atoms with Gasteiger partial charge in [-0.15, -0.1) is 0 Å². The van der Waals surface area contributed by atoms with Gasteiger partial charge in [0.25, 0.3) is 0 Å². The van der Waals surface area contributed by atoms with Crippen LogP contribution in [0.25, 0.3) is 22.3 Å². The molecule has 2 heteroatoms. The molecule has 0 unspecified atom stereocenters. The van der Waals surface area contributed by atoms with Crippen LogP contribution in [0.2, 0.25) is 0 Å². The largest absolute Gasteiger partial charge is 0.310 e. The Morgan fingerprint density at radius 2 is 0.688 bits per heavy atom. The molecular weight excluding hydrogens is 773 g/mol. The number of hydrogen-bond acceptors (Lipinski definition) is 2. The Hall–Kier alpha value is -6.64. The van der Waals surface area contributed by atoms with E-state index in [9.17, 15) is 0 Å². The number of nitrogens with zero attached hydrogens (tertiary/aromatic N) is 2. The number of anilines is 6. The molecule has 0 radical (unpaired) electrons. The van der Waals surface area contributed by atoms with E-state index in [0.717, 1.165) is 12.8 Å². The average Bonchev–Trinajstić information content (AvgIpc) is 3.29.